The Bertz CT molecular complexity index is 1030. The van der Waals surface area contributed by atoms with Gasteiger partial charge in [-0.1, -0.05) is 12.1 Å². The number of nitrogens with zero attached hydrogens (tertiary/aromatic N) is 6. The van der Waals surface area contributed by atoms with Gasteiger partial charge in [0.2, 0.25) is 0 Å². The number of benzene rings is 1. The van der Waals surface area contributed by atoms with Crippen molar-refractivity contribution in [3.05, 3.63) is 59.7 Å². The zero-order valence-electron chi connectivity index (χ0n) is 19.4. The lowest BCUT2D eigenvalue weighted by Crippen LogP contribution is -2.36. The molecule has 1 aliphatic carbocycles. The van der Waals surface area contributed by atoms with Crippen molar-refractivity contribution in [3.63, 3.8) is 0 Å². The molecule has 0 N–H and O–H groups in total. The van der Waals surface area contributed by atoms with Crippen molar-refractivity contribution in [1.82, 2.24) is 24.8 Å². The van der Waals surface area contributed by atoms with Crippen LogP contribution in [0.25, 0.3) is 0 Å². The van der Waals surface area contributed by atoms with Crippen molar-refractivity contribution in [3.8, 4) is 0 Å². The molecule has 3 heterocycles. The van der Waals surface area contributed by atoms with Crippen LogP contribution in [-0.2, 0) is 6.18 Å². The molecular weight excluding hydrogens is 461 g/mol. The molecular formula is C24H29F3N6S. The molecule has 6 nitrogen and oxygen atoms in total. The second kappa shape index (κ2) is 9.03. The Balaban J connectivity index is 1.06. The first-order chi connectivity index (χ1) is 16.3. The van der Waals surface area contributed by atoms with Gasteiger partial charge in [-0.15, -0.1) is 11.8 Å². The maximum Gasteiger partial charge on any atom is 0.416 e. The zero-order chi connectivity index (χ0) is 23.9. The molecule has 1 aromatic heterocycles. The van der Waals surface area contributed by atoms with Gasteiger partial charge in [0.15, 0.2) is 11.3 Å². The Morgan fingerprint density at radius 2 is 1.94 bits per heavy atom. The first kappa shape index (κ1) is 23.4. The van der Waals surface area contributed by atoms with Gasteiger partial charge in [0, 0.05) is 26.8 Å². The van der Waals surface area contributed by atoms with E-state index >= 15 is 0 Å². The molecule has 34 heavy (non-hydrogen) atoms. The van der Waals surface area contributed by atoms with Gasteiger partial charge in [-0.25, -0.2) is 9.97 Å². The van der Waals surface area contributed by atoms with Crippen molar-refractivity contribution in [2.75, 3.05) is 39.5 Å². The van der Waals surface area contributed by atoms with Crippen molar-refractivity contribution >= 4 is 17.6 Å². The summed E-state index contributed by atoms with van der Waals surface area (Å²) >= 11 is 1.87. The Morgan fingerprint density at radius 1 is 1.15 bits per heavy atom. The number of hydrogen-bond donors (Lipinski definition) is 0. The van der Waals surface area contributed by atoms with E-state index in [0.717, 1.165) is 61.7 Å². The number of hydrogen-bond acceptors (Lipinski definition) is 7. The van der Waals surface area contributed by atoms with Crippen LogP contribution in [0.4, 0.5) is 13.2 Å². The molecule has 0 radical (unpaired) electrons. The number of thioether (sulfide) groups is 1. The van der Waals surface area contributed by atoms with Gasteiger partial charge in [-0.3, -0.25) is 5.01 Å². The van der Waals surface area contributed by atoms with E-state index < -0.39 is 11.7 Å². The largest absolute Gasteiger partial charge is 0.416 e. The SMILES string of the molecule is CN1N=C(c2ccncn2)N(C)C1SCCCN1CC[C@@]2(C[C@@H]2c2ccc(C(F)(F)F)cc2)C1. The molecule has 5 rings (SSSR count). The lowest BCUT2D eigenvalue weighted by Gasteiger charge is -2.26. The second-order valence-corrected chi connectivity index (χ2v) is 10.7. The highest BCUT2D eigenvalue weighted by atomic mass is 32.2. The Morgan fingerprint density at radius 3 is 2.65 bits per heavy atom. The van der Waals surface area contributed by atoms with Crippen molar-refractivity contribution in [2.45, 2.75) is 36.9 Å². The molecule has 3 aliphatic rings. The van der Waals surface area contributed by atoms with E-state index in [-0.39, 0.29) is 10.9 Å². The van der Waals surface area contributed by atoms with Crippen LogP contribution < -0.4 is 0 Å². The minimum atomic E-state index is -4.27. The van der Waals surface area contributed by atoms with Gasteiger partial charge in [0.1, 0.15) is 12.0 Å². The number of rotatable bonds is 7. The number of halogens is 3. The van der Waals surface area contributed by atoms with Gasteiger partial charge < -0.3 is 9.80 Å². The van der Waals surface area contributed by atoms with Crippen LogP contribution in [0.1, 0.15) is 42.0 Å². The maximum atomic E-state index is 12.8. The first-order valence-corrected chi connectivity index (χ1v) is 12.6. The van der Waals surface area contributed by atoms with E-state index in [4.69, 9.17) is 0 Å². The van der Waals surface area contributed by atoms with Crippen LogP contribution in [0.15, 0.2) is 48.0 Å². The topological polar surface area (TPSA) is 47.9 Å². The highest BCUT2D eigenvalue weighted by Crippen LogP contribution is 2.64. The first-order valence-electron chi connectivity index (χ1n) is 11.6. The summed E-state index contributed by atoms with van der Waals surface area (Å²) in [5, 5.41) is 6.63. The molecule has 10 heteroatoms. The number of hydrazone groups is 1. The minimum absolute atomic E-state index is 0.141. The second-order valence-electron chi connectivity index (χ2n) is 9.52. The normalized spacial score (nSPS) is 27.0. The molecule has 1 aromatic carbocycles. The highest BCUT2D eigenvalue weighted by Gasteiger charge is 2.57. The van der Waals surface area contributed by atoms with E-state index in [1.165, 1.54) is 18.5 Å². The van der Waals surface area contributed by atoms with E-state index in [1.54, 1.807) is 18.3 Å². The molecule has 0 bridgehead atoms. The summed E-state index contributed by atoms with van der Waals surface area (Å²) in [7, 11) is 4.03. The van der Waals surface area contributed by atoms with Crippen LogP contribution in [0, 0.1) is 5.41 Å². The number of alkyl halides is 3. The molecule has 1 saturated carbocycles. The van der Waals surface area contributed by atoms with E-state index in [0.29, 0.717) is 5.92 Å². The molecule has 2 aromatic rings. The maximum absolute atomic E-state index is 12.8. The van der Waals surface area contributed by atoms with E-state index in [9.17, 15) is 13.2 Å². The summed E-state index contributed by atoms with van der Waals surface area (Å²) in [6.45, 7) is 3.17. The Labute approximate surface area is 202 Å². The predicted molar refractivity (Wildman–Crippen MR) is 127 cm³/mol. The highest BCUT2D eigenvalue weighted by molar-refractivity contribution is 7.99. The standard InChI is InChI=1S/C24H29F3N6S/c1-31-21(20-8-10-28-16-29-20)30-32(2)22(31)34-13-3-11-33-12-9-23(15-33)14-19(23)17-4-6-18(7-5-17)24(25,26)27/h4-8,10,16,19,22H,3,9,11-15H2,1-2H3/t19-,22?,23-/m1/s1. The summed E-state index contributed by atoms with van der Waals surface area (Å²) in [5.74, 6) is 2.27. The molecule has 1 unspecified atom stereocenters. The Kier molecular flexibility index (Phi) is 6.22. The average molecular weight is 491 g/mol. The van der Waals surface area contributed by atoms with Crippen LogP contribution in [0.2, 0.25) is 0 Å². The fraction of sp³-hybridized carbons (Fsp3) is 0.542. The summed E-state index contributed by atoms with van der Waals surface area (Å²) in [6.07, 6.45) is 2.31. The summed E-state index contributed by atoms with van der Waals surface area (Å²) < 4.78 is 38.5. The average Bonchev–Trinajstić information content (AvgIpc) is 3.25. The molecule has 1 saturated heterocycles. The molecule has 0 amide bonds. The smallest absolute Gasteiger partial charge is 0.326 e. The zero-order valence-corrected chi connectivity index (χ0v) is 20.2. The number of likely N-dealkylation sites (tertiary alicyclic amines) is 1. The van der Waals surface area contributed by atoms with Crippen molar-refractivity contribution < 1.29 is 13.2 Å². The Hall–Kier alpha value is -2.33. The third kappa shape index (κ3) is 4.62. The van der Waals surface area contributed by atoms with Gasteiger partial charge >= 0.3 is 6.18 Å². The summed E-state index contributed by atoms with van der Waals surface area (Å²) in [6, 6.07) is 7.67. The predicted octanol–water partition coefficient (Wildman–Crippen LogP) is 4.32. The molecule has 2 aliphatic heterocycles. The van der Waals surface area contributed by atoms with Gasteiger partial charge in [0.25, 0.3) is 0 Å². The lowest BCUT2D eigenvalue weighted by atomic mass is 9.97. The molecule has 3 atom stereocenters. The van der Waals surface area contributed by atoms with Crippen LogP contribution in [-0.4, -0.2) is 75.6 Å². The van der Waals surface area contributed by atoms with Crippen molar-refractivity contribution in [1.29, 1.82) is 0 Å². The van der Waals surface area contributed by atoms with Crippen LogP contribution in [0.3, 0.4) is 0 Å². The van der Waals surface area contributed by atoms with Gasteiger partial charge in [0.05, 0.1) is 5.56 Å². The third-order valence-electron chi connectivity index (χ3n) is 7.23. The van der Waals surface area contributed by atoms with Crippen LogP contribution in [0.5, 0.6) is 0 Å². The molecule has 1 spiro atoms. The fourth-order valence-electron chi connectivity index (χ4n) is 5.33. The molecule has 182 valence electrons. The number of amidine groups is 1. The lowest BCUT2D eigenvalue weighted by molar-refractivity contribution is -0.137. The van der Waals surface area contributed by atoms with Crippen molar-refractivity contribution in [2.24, 2.45) is 10.5 Å². The molecule has 2 fully saturated rings. The van der Waals surface area contributed by atoms with Gasteiger partial charge in [-0.2, -0.15) is 18.3 Å². The third-order valence-corrected chi connectivity index (χ3v) is 8.67. The monoisotopic (exact) mass is 490 g/mol. The van der Waals surface area contributed by atoms with Gasteiger partial charge in [-0.05, 0) is 73.2 Å². The van der Waals surface area contributed by atoms with E-state index in [1.807, 2.05) is 36.9 Å². The van der Waals surface area contributed by atoms with Crippen LogP contribution >= 0.6 is 11.8 Å². The van der Waals surface area contributed by atoms with E-state index in [2.05, 4.69) is 24.9 Å². The fourth-order valence-corrected chi connectivity index (χ4v) is 6.42. The number of aromatic nitrogens is 2. The summed E-state index contributed by atoms with van der Waals surface area (Å²) in [4.78, 5) is 13.0. The minimum Gasteiger partial charge on any atom is -0.326 e. The summed E-state index contributed by atoms with van der Waals surface area (Å²) in [5.41, 5.74) is 1.71. The quantitative estimate of drug-likeness (QED) is 0.539.